The Hall–Kier alpha value is -2.32. The van der Waals surface area contributed by atoms with Crippen molar-refractivity contribution in [1.29, 1.82) is 0 Å². The Labute approximate surface area is 166 Å². The van der Waals surface area contributed by atoms with E-state index in [2.05, 4.69) is 10.6 Å². The molecule has 0 aromatic heterocycles. The van der Waals surface area contributed by atoms with Crippen molar-refractivity contribution in [2.75, 3.05) is 66.1 Å². The Balaban J connectivity index is 2.57. The third kappa shape index (κ3) is 10.7. The van der Waals surface area contributed by atoms with Gasteiger partial charge in [0.2, 0.25) is 11.8 Å². The van der Waals surface area contributed by atoms with Crippen LogP contribution in [-0.2, 0) is 42.9 Å². The van der Waals surface area contributed by atoms with Gasteiger partial charge in [-0.1, -0.05) is 0 Å². The average molecular weight is 422 g/mol. The Morgan fingerprint density at radius 1 is 0.655 bits per heavy atom. The minimum absolute atomic E-state index is 0.0179. The predicted molar refractivity (Wildman–Crippen MR) is 92.4 cm³/mol. The topological polar surface area (TPSA) is 179 Å². The van der Waals surface area contributed by atoms with E-state index in [-0.39, 0.29) is 39.6 Å². The van der Waals surface area contributed by atoms with Gasteiger partial charge in [0.1, 0.15) is 26.4 Å². The van der Waals surface area contributed by atoms with Gasteiger partial charge in [-0.25, -0.2) is 9.59 Å². The number of hydrogen-bond donors (Lipinski definition) is 4. The first kappa shape index (κ1) is 24.7. The lowest BCUT2D eigenvalue weighted by Gasteiger charge is -2.15. The summed E-state index contributed by atoms with van der Waals surface area (Å²) < 4.78 is 24.9. The molecule has 2 amide bonds. The standard InChI is InChI=1S/C16H26N2O11/c19-7-11-15(23)28-5-3-25-4-6-29-16(24)12(8-20)18-14(22)10-27-2-1-26-9-13(21)17-11/h11-12,19-20H,1-10H2,(H,17,21)(H,18,22)/t11-,12-/m0/s1. The zero-order chi connectivity index (χ0) is 21.5. The number of ether oxygens (including phenoxy) is 5. The average Bonchev–Trinajstić information content (AvgIpc) is 2.70. The van der Waals surface area contributed by atoms with E-state index in [1.807, 2.05) is 0 Å². The molecule has 0 saturated carbocycles. The summed E-state index contributed by atoms with van der Waals surface area (Å²) in [6.07, 6.45) is 0. The number of rotatable bonds is 2. The maximum Gasteiger partial charge on any atom is 0.331 e. The number of carbonyl (C=O) groups is 4. The molecule has 4 N–H and O–H groups in total. The molecule has 0 bridgehead atoms. The lowest BCUT2D eigenvalue weighted by atomic mass is 10.3. The van der Waals surface area contributed by atoms with E-state index in [1.165, 1.54) is 0 Å². The zero-order valence-electron chi connectivity index (χ0n) is 15.8. The first-order chi connectivity index (χ1) is 14.0. The number of amides is 2. The summed E-state index contributed by atoms with van der Waals surface area (Å²) in [5, 5.41) is 22.9. The molecule has 0 aliphatic carbocycles. The van der Waals surface area contributed by atoms with Gasteiger partial charge in [-0.05, 0) is 0 Å². The number of esters is 2. The van der Waals surface area contributed by atoms with E-state index in [0.717, 1.165) is 0 Å². The fourth-order valence-electron chi connectivity index (χ4n) is 1.98. The van der Waals surface area contributed by atoms with E-state index >= 15 is 0 Å². The second kappa shape index (κ2) is 14.6. The van der Waals surface area contributed by atoms with Crippen molar-refractivity contribution in [2.24, 2.45) is 0 Å². The zero-order valence-corrected chi connectivity index (χ0v) is 15.8. The molecule has 1 aliphatic rings. The lowest BCUT2D eigenvalue weighted by Crippen LogP contribution is -2.46. The molecule has 1 aliphatic heterocycles. The maximum absolute atomic E-state index is 11.8. The van der Waals surface area contributed by atoms with Crippen molar-refractivity contribution in [3.63, 3.8) is 0 Å². The normalized spacial score (nSPS) is 25.0. The van der Waals surface area contributed by atoms with Gasteiger partial charge >= 0.3 is 11.9 Å². The van der Waals surface area contributed by atoms with E-state index in [9.17, 15) is 29.4 Å². The largest absolute Gasteiger partial charge is 0.462 e. The molecule has 0 aromatic rings. The van der Waals surface area contributed by atoms with Crippen LogP contribution < -0.4 is 10.6 Å². The molecule has 0 unspecified atom stereocenters. The number of cyclic esters (lactones) is 2. The Morgan fingerprint density at radius 2 is 1.03 bits per heavy atom. The van der Waals surface area contributed by atoms with Gasteiger partial charge in [-0.15, -0.1) is 0 Å². The highest BCUT2D eigenvalue weighted by molar-refractivity contribution is 5.85. The van der Waals surface area contributed by atoms with Gasteiger partial charge in [0.25, 0.3) is 0 Å². The summed E-state index contributed by atoms with van der Waals surface area (Å²) in [6, 6.07) is -2.51. The second-order valence-corrected chi connectivity index (χ2v) is 5.66. The first-order valence-corrected chi connectivity index (χ1v) is 8.84. The molecule has 13 nitrogen and oxygen atoms in total. The highest BCUT2D eigenvalue weighted by Crippen LogP contribution is 1.93. The predicted octanol–water partition coefficient (Wildman–Crippen LogP) is -3.91. The van der Waals surface area contributed by atoms with E-state index in [1.54, 1.807) is 0 Å². The van der Waals surface area contributed by atoms with Crippen LogP contribution in [0.4, 0.5) is 0 Å². The van der Waals surface area contributed by atoms with Crippen LogP contribution in [0.3, 0.4) is 0 Å². The molecule has 1 rings (SSSR count). The van der Waals surface area contributed by atoms with Crippen molar-refractivity contribution in [3.05, 3.63) is 0 Å². The van der Waals surface area contributed by atoms with Crippen LogP contribution in [0.1, 0.15) is 0 Å². The summed E-state index contributed by atoms with van der Waals surface area (Å²) in [5.41, 5.74) is 0. The number of aliphatic hydroxyl groups is 2. The summed E-state index contributed by atoms with van der Waals surface area (Å²) in [5.74, 6) is -2.99. The third-order valence-corrected chi connectivity index (χ3v) is 3.39. The van der Waals surface area contributed by atoms with Crippen LogP contribution >= 0.6 is 0 Å². The molecule has 0 radical (unpaired) electrons. The Bertz CT molecular complexity index is 497. The highest BCUT2D eigenvalue weighted by atomic mass is 16.6. The molecule has 29 heavy (non-hydrogen) atoms. The van der Waals surface area contributed by atoms with Crippen LogP contribution in [0.2, 0.25) is 0 Å². The maximum atomic E-state index is 11.8. The van der Waals surface area contributed by atoms with Gasteiger partial charge < -0.3 is 44.5 Å². The van der Waals surface area contributed by atoms with Crippen LogP contribution in [0.25, 0.3) is 0 Å². The van der Waals surface area contributed by atoms with Crippen molar-refractivity contribution in [1.82, 2.24) is 10.6 Å². The number of hydrogen-bond acceptors (Lipinski definition) is 11. The van der Waals surface area contributed by atoms with Crippen molar-refractivity contribution in [2.45, 2.75) is 12.1 Å². The SMILES string of the molecule is O=C1COCCOCC(=O)N[C@@H](CO)C(=O)OCCOCCOC(=O)[C@H](CO)N1. The van der Waals surface area contributed by atoms with E-state index in [0.29, 0.717) is 0 Å². The second-order valence-electron chi connectivity index (χ2n) is 5.66. The molecule has 1 fully saturated rings. The summed E-state index contributed by atoms with van der Waals surface area (Å²) >= 11 is 0. The van der Waals surface area contributed by atoms with Gasteiger partial charge in [0, 0.05) is 0 Å². The van der Waals surface area contributed by atoms with Crippen LogP contribution in [0.15, 0.2) is 0 Å². The van der Waals surface area contributed by atoms with Crippen LogP contribution in [0, 0.1) is 0 Å². The lowest BCUT2D eigenvalue weighted by molar-refractivity contribution is -0.152. The monoisotopic (exact) mass is 422 g/mol. The Morgan fingerprint density at radius 3 is 1.41 bits per heavy atom. The molecule has 1 saturated heterocycles. The highest BCUT2D eigenvalue weighted by Gasteiger charge is 2.22. The quantitative estimate of drug-likeness (QED) is 0.320. The molecule has 0 spiro atoms. The number of carbonyl (C=O) groups excluding carboxylic acids is 4. The fourth-order valence-corrected chi connectivity index (χ4v) is 1.98. The van der Waals surface area contributed by atoms with Gasteiger partial charge in [0.05, 0.1) is 39.6 Å². The van der Waals surface area contributed by atoms with Crippen LogP contribution in [0.5, 0.6) is 0 Å². The van der Waals surface area contributed by atoms with Crippen molar-refractivity contribution < 1.29 is 53.1 Å². The number of aliphatic hydroxyl groups excluding tert-OH is 2. The molecular formula is C16H26N2O11. The summed E-state index contributed by atoms with van der Waals surface area (Å²) in [4.78, 5) is 47.0. The van der Waals surface area contributed by atoms with Gasteiger partial charge in [0.15, 0.2) is 12.1 Å². The minimum Gasteiger partial charge on any atom is -0.462 e. The smallest absolute Gasteiger partial charge is 0.331 e. The Kier molecular flexibility index (Phi) is 12.5. The van der Waals surface area contributed by atoms with Gasteiger partial charge in [-0.2, -0.15) is 0 Å². The first-order valence-electron chi connectivity index (χ1n) is 8.84. The summed E-state index contributed by atoms with van der Waals surface area (Å²) in [7, 11) is 0. The third-order valence-electron chi connectivity index (χ3n) is 3.39. The molecular weight excluding hydrogens is 396 g/mol. The molecule has 1 heterocycles. The molecule has 13 heteroatoms. The minimum atomic E-state index is -1.25. The fraction of sp³-hybridized carbons (Fsp3) is 0.750. The molecule has 166 valence electrons. The van der Waals surface area contributed by atoms with Crippen LogP contribution in [-0.4, -0.2) is 112 Å². The van der Waals surface area contributed by atoms with Crippen molar-refractivity contribution in [3.8, 4) is 0 Å². The van der Waals surface area contributed by atoms with Gasteiger partial charge in [-0.3, -0.25) is 9.59 Å². The molecule has 0 aromatic carbocycles. The number of nitrogens with one attached hydrogen (secondary N) is 2. The summed E-state index contributed by atoms with van der Waals surface area (Å²) in [6.45, 7) is -2.52. The van der Waals surface area contributed by atoms with E-state index in [4.69, 9.17) is 23.7 Å². The van der Waals surface area contributed by atoms with Crippen molar-refractivity contribution >= 4 is 23.8 Å². The molecule has 2 atom stereocenters. The van der Waals surface area contributed by atoms with E-state index < -0.39 is 62.3 Å².